The number of nitriles is 1. The Morgan fingerprint density at radius 3 is 2.57 bits per heavy atom. The molecule has 0 radical (unpaired) electrons. The molecule has 5 heteroatoms. The molecule has 21 heavy (non-hydrogen) atoms. The summed E-state index contributed by atoms with van der Waals surface area (Å²) in [4.78, 5) is 11.5. The quantitative estimate of drug-likeness (QED) is 0.672. The number of carbonyl (C=O) groups excluding carboxylic acids is 1. The molecule has 0 spiro atoms. The normalized spacial score (nSPS) is 10.0. The lowest BCUT2D eigenvalue weighted by Crippen LogP contribution is -2.24. The van der Waals surface area contributed by atoms with Gasteiger partial charge in [-0.2, -0.15) is 10.4 Å². The molecule has 1 amide bonds. The van der Waals surface area contributed by atoms with Gasteiger partial charge in [-0.15, -0.1) is 0 Å². The summed E-state index contributed by atoms with van der Waals surface area (Å²) >= 11 is 0. The minimum atomic E-state index is -0.355. The largest absolute Gasteiger partial charge is 0.484 e. The fourth-order valence-corrected chi connectivity index (χ4v) is 1.52. The first-order valence-electron chi connectivity index (χ1n) is 6.28. The monoisotopic (exact) mass is 279 g/mol. The summed E-state index contributed by atoms with van der Waals surface area (Å²) in [6.07, 6.45) is 1.56. The van der Waals surface area contributed by atoms with E-state index in [-0.39, 0.29) is 12.5 Å². The van der Waals surface area contributed by atoms with E-state index < -0.39 is 0 Å². The van der Waals surface area contributed by atoms with E-state index in [9.17, 15) is 4.79 Å². The van der Waals surface area contributed by atoms with Crippen molar-refractivity contribution >= 4 is 12.1 Å². The van der Waals surface area contributed by atoms with Crippen molar-refractivity contribution in [2.24, 2.45) is 5.10 Å². The van der Waals surface area contributed by atoms with Crippen molar-refractivity contribution in [3.8, 4) is 11.8 Å². The van der Waals surface area contributed by atoms with Crippen molar-refractivity contribution in [3.63, 3.8) is 0 Å². The highest BCUT2D eigenvalue weighted by Gasteiger charge is 2.01. The second-order valence-electron chi connectivity index (χ2n) is 4.13. The third kappa shape index (κ3) is 4.80. The topological polar surface area (TPSA) is 74.5 Å². The van der Waals surface area contributed by atoms with E-state index in [0.717, 1.165) is 5.56 Å². The molecule has 0 saturated heterocycles. The molecule has 1 N–H and O–H groups in total. The Balaban J connectivity index is 1.77. The summed E-state index contributed by atoms with van der Waals surface area (Å²) < 4.78 is 5.27. The highest BCUT2D eigenvalue weighted by molar-refractivity contribution is 5.82. The predicted molar refractivity (Wildman–Crippen MR) is 78.8 cm³/mol. The zero-order valence-corrected chi connectivity index (χ0v) is 11.2. The molecule has 104 valence electrons. The minimum Gasteiger partial charge on any atom is -0.484 e. The minimum absolute atomic E-state index is 0.141. The molecule has 0 aromatic heterocycles. The first kappa shape index (κ1) is 14.3. The maximum atomic E-state index is 11.5. The molecular formula is C16H13N3O2. The molecule has 0 aliphatic heterocycles. The number of hydrogen-bond acceptors (Lipinski definition) is 4. The SMILES string of the molecule is N#Cc1ccc(OCC(=O)N/N=C/c2ccccc2)cc1. The first-order chi connectivity index (χ1) is 10.3. The van der Waals surface area contributed by atoms with Crippen molar-refractivity contribution in [1.82, 2.24) is 5.43 Å². The fraction of sp³-hybridized carbons (Fsp3) is 0.0625. The van der Waals surface area contributed by atoms with Gasteiger partial charge in [0.2, 0.25) is 0 Å². The molecule has 0 saturated carbocycles. The Hall–Kier alpha value is -3.13. The number of hydrogen-bond donors (Lipinski definition) is 1. The van der Waals surface area contributed by atoms with Crippen LogP contribution in [0.4, 0.5) is 0 Å². The predicted octanol–water partition coefficient (Wildman–Crippen LogP) is 2.09. The molecule has 0 unspecified atom stereocenters. The van der Waals surface area contributed by atoms with Crippen LogP contribution in [0.3, 0.4) is 0 Å². The van der Waals surface area contributed by atoms with Crippen LogP contribution in [0.15, 0.2) is 59.7 Å². The lowest BCUT2D eigenvalue weighted by atomic mass is 10.2. The zero-order valence-electron chi connectivity index (χ0n) is 11.2. The molecular weight excluding hydrogens is 266 g/mol. The fourth-order valence-electron chi connectivity index (χ4n) is 1.52. The van der Waals surface area contributed by atoms with Crippen molar-refractivity contribution in [2.75, 3.05) is 6.61 Å². The Morgan fingerprint density at radius 1 is 1.19 bits per heavy atom. The van der Waals surface area contributed by atoms with E-state index in [1.54, 1.807) is 30.5 Å². The summed E-state index contributed by atoms with van der Waals surface area (Å²) in [5.74, 6) is 0.169. The Bertz CT molecular complexity index is 658. The first-order valence-corrected chi connectivity index (χ1v) is 6.28. The molecule has 2 aromatic carbocycles. The number of carbonyl (C=O) groups is 1. The van der Waals surface area contributed by atoms with Gasteiger partial charge < -0.3 is 4.74 Å². The smallest absolute Gasteiger partial charge is 0.277 e. The van der Waals surface area contributed by atoms with Gasteiger partial charge in [0, 0.05) is 0 Å². The van der Waals surface area contributed by atoms with Crippen molar-refractivity contribution in [1.29, 1.82) is 5.26 Å². The van der Waals surface area contributed by atoms with Crippen LogP contribution in [-0.4, -0.2) is 18.7 Å². The Labute approximate surface area is 122 Å². The number of amides is 1. The molecule has 0 fully saturated rings. The molecule has 0 bridgehead atoms. The van der Waals surface area contributed by atoms with Gasteiger partial charge in [0.05, 0.1) is 17.8 Å². The van der Waals surface area contributed by atoms with E-state index in [2.05, 4.69) is 10.5 Å². The number of hydrazone groups is 1. The third-order valence-electron chi connectivity index (χ3n) is 2.56. The third-order valence-corrected chi connectivity index (χ3v) is 2.56. The highest BCUT2D eigenvalue weighted by Crippen LogP contribution is 2.11. The second kappa shape index (κ2) is 7.46. The molecule has 2 rings (SSSR count). The molecule has 0 aliphatic carbocycles. The number of rotatable bonds is 5. The van der Waals surface area contributed by atoms with Gasteiger partial charge in [0.15, 0.2) is 6.61 Å². The maximum absolute atomic E-state index is 11.5. The summed E-state index contributed by atoms with van der Waals surface area (Å²) in [6, 6.07) is 18.0. The maximum Gasteiger partial charge on any atom is 0.277 e. The highest BCUT2D eigenvalue weighted by atomic mass is 16.5. The van der Waals surface area contributed by atoms with Crippen LogP contribution in [-0.2, 0) is 4.79 Å². The Kier molecular flexibility index (Phi) is 5.07. The van der Waals surface area contributed by atoms with Crippen molar-refractivity contribution in [3.05, 3.63) is 65.7 Å². The standard InChI is InChI=1S/C16H13N3O2/c17-10-13-6-8-15(9-7-13)21-12-16(20)19-18-11-14-4-2-1-3-5-14/h1-9,11H,12H2,(H,19,20)/b18-11+. The number of benzene rings is 2. The summed E-state index contributed by atoms with van der Waals surface area (Å²) in [6.45, 7) is -0.141. The lowest BCUT2D eigenvalue weighted by molar-refractivity contribution is -0.123. The summed E-state index contributed by atoms with van der Waals surface area (Å²) in [7, 11) is 0. The van der Waals surface area contributed by atoms with Gasteiger partial charge in [-0.3, -0.25) is 4.79 Å². The van der Waals surface area contributed by atoms with Crippen LogP contribution in [0.2, 0.25) is 0 Å². The van der Waals surface area contributed by atoms with Gasteiger partial charge in [0.1, 0.15) is 5.75 Å². The van der Waals surface area contributed by atoms with Crippen LogP contribution < -0.4 is 10.2 Å². The number of nitrogens with zero attached hydrogens (tertiary/aromatic N) is 2. The van der Waals surface area contributed by atoms with Crippen LogP contribution in [0, 0.1) is 11.3 Å². The van der Waals surface area contributed by atoms with Crippen molar-refractivity contribution in [2.45, 2.75) is 0 Å². The number of ether oxygens (including phenoxy) is 1. The zero-order chi connectivity index (χ0) is 14.9. The van der Waals surface area contributed by atoms with Crippen LogP contribution in [0.25, 0.3) is 0 Å². The number of nitrogens with one attached hydrogen (secondary N) is 1. The van der Waals surface area contributed by atoms with E-state index in [0.29, 0.717) is 11.3 Å². The van der Waals surface area contributed by atoms with Gasteiger partial charge in [0.25, 0.3) is 5.91 Å². The summed E-state index contributed by atoms with van der Waals surface area (Å²) in [5, 5.41) is 12.5. The molecule has 0 heterocycles. The molecule has 0 atom stereocenters. The average molecular weight is 279 g/mol. The molecule has 2 aromatic rings. The van der Waals surface area contributed by atoms with Gasteiger partial charge in [-0.1, -0.05) is 30.3 Å². The van der Waals surface area contributed by atoms with Gasteiger partial charge in [-0.25, -0.2) is 5.43 Å². The van der Waals surface area contributed by atoms with E-state index in [1.165, 1.54) is 0 Å². The van der Waals surface area contributed by atoms with E-state index in [4.69, 9.17) is 10.00 Å². The Morgan fingerprint density at radius 2 is 1.90 bits per heavy atom. The lowest BCUT2D eigenvalue weighted by Gasteiger charge is -2.04. The van der Waals surface area contributed by atoms with Gasteiger partial charge >= 0.3 is 0 Å². The molecule has 5 nitrogen and oxygen atoms in total. The van der Waals surface area contributed by atoms with Crippen LogP contribution in [0.1, 0.15) is 11.1 Å². The van der Waals surface area contributed by atoms with E-state index in [1.807, 2.05) is 36.4 Å². The average Bonchev–Trinajstić information content (AvgIpc) is 2.54. The second-order valence-corrected chi connectivity index (χ2v) is 4.13. The van der Waals surface area contributed by atoms with E-state index >= 15 is 0 Å². The van der Waals surface area contributed by atoms with Crippen LogP contribution >= 0.6 is 0 Å². The van der Waals surface area contributed by atoms with Crippen LogP contribution in [0.5, 0.6) is 5.75 Å². The summed E-state index contributed by atoms with van der Waals surface area (Å²) in [5.41, 5.74) is 3.81. The van der Waals surface area contributed by atoms with Crippen molar-refractivity contribution < 1.29 is 9.53 Å². The molecule has 0 aliphatic rings. The van der Waals surface area contributed by atoms with Gasteiger partial charge in [-0.05, 0) is 29.8 Å².